The molecule has 0 unspecified atom stereocenters. The topological polar surface area (TPSA) is 29.1 Å². The molecule has 2 rings (SSSR count). The summed E-state index contributed by atoms with van der Waals surface area (Å²) in [5, 5.41) is 2.30. The lowest BCUT2D eigenvalue weighted by atomic mass is 10.2. The molecular formula is C16H10BrF4NO. The predicted molar refractivity (Wildman–Crippen MR) is 83.2 cm³/mol. The molecule has 0 atom stereocenters. The summed E-state index contributed by atoms with van der Waals surface area (Å²) in [6.07, 6.45) is -2.20. The van der Waals surface area contributed by atoms with Crippen molar-refractivity contribution in [2.45, 2.75) is 6.18 Å². The maximum absolute atomic E-state index is 13.5. The number of hydrogen-bond acceptors (Lipinski definition) is 1. The molecule has 0 aliphatic carbocycles. The van der Waals surface area contributed by atoms with Crippen LogP contribution in [0.1, 0.15) is 11.1 Å². The van der Waals surface area contributed by atoms with Gasteiger partial charge in [-0.15, -0.1) is 0 Å². The minimum absolute atomic E-state index is 0.00388. The summed E-state index contributed by atoms with van der Waals surface area (Å²) in [5.41, 5.74) is -0.680. The highest BCUT2D eigenvalue weighted by atomic mass is 79.9. The van der Waals surface area contributed by atoms with Crippen molar-refractivity contribution in [1.82, 2.24) is 0 Å². The Hall–Kier alpha value is -2.15. The van der Waals surface area contributed by atoms with Crippen LogP contribution in [0, 0.1) is 5.82 Å². The van der Waals surface area contributed by atoms with Gasteiger partial charge in [0.15, 0.2) is 0 Å². The molecule has 0 aliphatic rings. The number of halogens is 5. The highest BCUT2D eigenvalue weighted by molar-refractivity contribution is 9.10. The van der Waals surface area contributed by atoms with E-state index >= 15 is 0 Å². The zero-order chi connectivity index (χ0) is 17.0. The Bertz CT molecular complexity index is 756. The molecule has 0 saturated carbocycles. The maximum atomic E-state index is 13.5. The van der Waals surface area contributed by atoms with E-state index in [9.17, 15) is 22.4 Å². The molecule has 0 fully saturated rings. The minimum atomic E-state index is -4.49. The number of anilines is 1. The summed E-state index contributed by atoms with van der Waals surface area (Å²) < 4.78 is 51.9. The van der Waals surface area contributed by atoms with Crippen molar-refractivity contribution in [3.05, 3.63) is 70.0 Å². The van der Waals surface area contributed by atoms with Gasteiger partial charge in [0.1, 0.15) is 5.82 Å². The molecule has 1 N–H and O–H groups in total. The van der Waals surface area contributed by atoms with E-state index in [0.717, 1.165) is 18.2 Å². The number of hydrogen-bond donors (Lipinski definition) is 1. The lowest BCUT2D eigenvalue weighted by Crippen LogP contribution is -2.10. The molecular weight excluding hydrogens is 378 g/mol. The fourth-order valence-electron chi connectivity index (χ4n) is 1.77. The van der Waals surface area contributed by atoms with Gasteiger partial charge in [0, 0.05) is 21.8 Å². The summed E-state index contributed by atoms with van der Waals surface area (Å²) >= 11 is 3.18. The molecule has 0 radical (unpaired) electrons. The van der Waals surface area contributed by atoms with E-state index in [1.54, 1.807) is 0 Å². The smallest absolute Gasteiger partial charge is 0.322 e. The van der Waals surface area contributed by atoms with Crippen LogP contribution in [-0.4, -0.2) is 5.91 Å². The van der Waals surface area contributed by atoms with Crippen LogP contribution in [0.25, 0.3) is 6.08 Å². The zero-order valence-electron chi connectivity index (χ0n) is 11.5. The van der Waals surface area contributed by atoms with Crippen LogP contribution in [0.15, 0.2) is 53.0 Å². The van der Waals surface area contributed by atoms with Gasteiger partial charge in [-0.2, -0.15) is 13.2 Å². The number of rotatable bonds is 3. The molecule has 120 valence electrons. The Morgan fingerprint density at radius 1 is 1.13 bits per heavy atom. The molecule has 0 saturated heterocycles. The van der Waals surface area contributed by atoms with E-state index in [-0.39, 0.29) is 11.3 Å². The Morgan fingerprint density at radius 2 is 1.87 bits per heavy atom. The standard InChI is InChI=1S/C16H10BrF4NO/c17-12-5-6-14(18)10(8-12)4-7-15(23)22-13-3-1-2-11(9-13)16(19,20)21/h1-9H,(H,22,23)/b7-4+. The Morgan fingerprint density at radius 3 is 2.57 bits per heavy atom. The first-order valence-electron chi connectivity index (χ1n) is 6.37. The summed E-state index contributed by atoms with van der Waals surface area (Å²) in [5.74, 6) is -1.18. The maximum Gasteiger partial charge on any atom is 0.416 e. The van der Waals surface area contributed by atoms with E-state index in [1.807, 2.05) is 0 Å². The fourth-order valence-corrected chi connectivity index (χ4v) is 2.14. The number of carbonyl (C=O) groups is 1. The number of amides is 1. The average molecular weight is 388 g/mol. The van der Waals surface area contributed by atoms with Crippen molar-refractivity contribution in [2.75, 3.05) is 5.32 Å². The van der Waals surface area contributed by atoms with Crippen molar-refractivity contribution in [3.63, 3.8) is 0 Å². The first kappa shape index (κ1) is 17.2. The number of carbonyl (C=O) groups excluding carboxylic acids is 1. The molecule has 0 spiro atoms. The lowest BCUT2D eigenvalue weighted by Gasteiger charge is -2.08. The molecule has 2 aromatic rings. The molecule has 2 nitrogen and oxygen atoms in total. The largest absolute Gasteiger partial charge is 0.416 e. The average Bonchev–Trinajstić information content (AvgIpc) is 2.47. The van der Waals surface area contributed by atoms with Crippen molar-refractivity contribution < 1.29 is 22.4 Å². The molecule has 7 heteroatoms. The van der Waals surface area contributed by atoms with Gasteiger partial charge < -0.3 is 5.32 Å². The van der Waals surface area contributed by atoms with Crippen molar-refractivity contribution in [2.24, 2.45) is 0 Å². The molecule has 0 aromatic heterocycles. The van der Waals surface area contributed by atoms with Crippen molar-refractivity contribution in [3.8, 4) is 0 Å². The third kappa shape index (κ3) is 4.92. The Labute approximate surface area is 137 Å². The monoisotopic (exact) mass is 387 g/mol. The lowest BCUT2D eigenvalue weighted by molar-refractivity contribution is -0.137. The molecule has 2 aromatic carbocycles. The highest BCUT2D eigenvalue weighted by Gasteiger charge is 2.30. The number of nitrogens with one attached hydrogen (secondary N) is 1. The van der Waals surface area contributed by atoms with Crippen LogP contribution in [0.5, 0.6) is 0 Å². The molecule has 0 aliphatic heterocycles. The SMILES string of the molecule is O=C(/C=C/c1cc(Br)ccc1F)Nc1cccc(C(F)(F)F)c1. The van der Waals surface area contributed by atoms with Crippen LogP contribution in [-0.2, 0) is 11.0 Å². The summed E-state index contributed by atoms with van der Waals surface area (Å²) in [6, 6.07) is 8.47. The van der Waals surface area contributed by atoms with Crippen LogP contribution in [0.2, 0.25) is 0 Å². The molecule has 1 amide bonds. The second-order valence-corrected chi connectivity index (χ2v) is 5.48. The normalized spacial score (nSPS) is 11.7. The third-order valence-electron chi connectivity index (χ3n) is 2.83. The molecule has 0 bridgehead atoms. The Balaban J connectivity index is 2.11. The van der Waals surface area contributed by atoms with Crippen LogP contribution >= 0.6 is 15.9 Å². The van der Waals surface area contributed by atoms with Crippen LogP contribution in [0.3, 0.4) is 0 Å². The van der Waals surface area contributed by atoms with Gasteiger partial charge in [-0.05, 0) is 42.5 Å². The number of alkyl halides is 3. The van der Waals surface area contributed by atoms with Gasteiger partial charge in [0.25, 0.3) is 0 Å². The zero-order valence-corrected chi connectivity index (χ0v) is 13.1. The molecule has 23 heavy (non-hydrogen) atoms. The van der Waals surface area contributed by atoms with Gasteiger partial charge in [0.05, 0.1) is 5.56 Å². The van der Waals surface area contributed by atoms with Crippen molar-refractivity contribution >= 4 is 33.6 Å². The van der Waals surface area contributed by atoms with E-state index < -0.39 is 23.5 Å². The highest BCUT2D eigenvalue weighted by Crippen LogP contribution is 2.30. The van der Waals surface area contributed by atoms with Gasteiger partial charge in [-0.3, -0.25) is 4.79 Å². The van der Waals surface area contributed by atoms with E-state index in [4.69, 9.17) is 0 Å². The third-order valence-corrected chi connectivity index (χ3v) is 3.32. The van der Waals surface area contributed by atoms with Gasteiger partial charge in [-0.25, -0.2) is 4.39 Å². The predicted octanol–water partition coefficient (Wildman–Crippen LogP) is 5.26. The summed E-state index contributed by atoms with van der Waals surface area (Å²) in [4.78, 5) is 11.7. The first-order valence-corrected chi connectivity index (χ1v) is 7.16. The van der Waals surface area contributed by atoms with Crippen molar-refractivity contribution in [1.29, 1.82) is 0 Å². The minimum Gasteiger partial charge on any atom is -0.322 e. The van der Waals surface area contributed by atoms with E-state index in [1.165, 1.54) is 36.4 Å². The van der Waals surface area contributed by atoms with E-state index in [2.05, 4.69) is 21.2 Å². The first-order chi connectivity index (χ1) is 10.8. The van der Waals surface area contributed by atoms with Gasteiger partial charge in [0.2, 0.25) is 5.91 Å². The van der Waals surface area contributed by atoms with Gasteiger partial charge in [-0.1, -0.05) is 22.0 Å². The van der Waals surface area contributed by atoms with Crippen LogP contribution < -0.4 is 5.32 Å². The van der Waals surface area contributed by atoms with Gasteiger partial charge >= 0.3 is 6.18 Å². The Kier molecular flexibility index (Phi) is 5.20. The summed E-state index contributed by atoms with van der Waals surface area (Å²) in [7, 11) is 0. The quantitative estimate of drug-likeness (QED) is 0.564. The number of benzene rings is 2. The second-order valence-electron chi connectivity index (χ2n) is 4.57. The summed E-state index contributed by atoms with van der Waals surface area (Å²) in [6.45, 7) is 0. The second kappa shape index (κ2) is 6.95. The fraction of sp³-hybridized carbons (Fsp3) is 0.0625. The van der Waals surface area contributed by atoms with Crippen LogP contribution in [0.4, 0.5) is 23.2 Å². The van der Waals surface area contributed by atoms with E-state index in [0.29, 0.717) is 4.47 Å². The molecule has 0 heterocycles.